The highest BCUT2D eigenvalue weighted by molar-refractivity contribution is 7.93. The van der Waals surface area contributed by atoms with Crippen LogP contribution in [0.3, 0.4) is 0 Å². The van der Waals surface area contributed by atoms with E-state index < -0.39 is 10.0 Å². The van der Waals surface area contributed by atoms with Crippen molar-refractivity contribution >= 4 is 44.8 Å². The molecule has 144 valence electrons. The molecule has 27 heavy (non-hydrogen) atoms. The van der Waals surface area contributed by atoms with Gasteiger partial charge in [0.2, 0.25) is 0 Å². The van der Waals surface area contributed by atoms with Gasteiger partial charge in [-0.25, -0.2) is 8.42 Å². The van der Waals surface area contributed by atoms with Gasteiger partial charge in [-0.1, -0.05) is 23.2 Å². The van der Waals surface area contributed by atoms with Crippen LogP contribution in [-0.4, -0.2) is 52.6 Å². The largest absolute Gasteiger partial charge is 0.378 e. The number of carbonyl (C=O) groups excluding carboxylic acids is 1. The molecule has 0 radical (unpaired) electrons. The van der Waals surface area contributed by atoms with Gasteiger partial charge >= 0.3 is 0 Å². The zero-order chi connectivity index (χ0) is 19.6. The summed E-state index contributed by atoms with van der Waals surface area (Å²) in [5.74, 6) is -0.249. The topological polar surface area (TPSA) is 66.9 Å². The van der Waals surface area contributed by atoms with Gasteiger partial charge in [-0.3, -0.25) is 9.10 Å². The maximum absolute atomic E-state index is 13.1. The summed E-state index contributed by atoms with van der Waals surface area (Å²) < 4.78 is 32.5. The van der Waals surface area contributed by atoms with Gasteiger partial charge in [-0.15, -0.1) is 0 Å². The molecule has 6 nitrogen and oxygen atoms in total. The first-order valence-corrected chi connectivity index (χ1v) is 10.4. The summed E-state index contributed by atoms with van der Waals surface area (Å²) in [7, 11) is -2.54. The number of hydrogen-bond acceptors (Lipinski definition) is 4. The lowest BCUT2D eigenvalue weighted by Gasteiger charge is -2.27. The molecule has 0 aliphatic carbocycles. The van der Waals surface area contributed by atoms with Crippen molar-refractivity contribution in [3.8, 4) is 0 Å². The fraction of sp³-hybridized carbons (Fsp3) is 0.278. The molecule has 0 atom stereocenters. The highest BCUT2D eigenvalue weighted by atomic mass is 35.5. The van der Waals surface area contributed by atoms with Crippen LogP contribution in [0.5, 0.6) is 0 Å². The summed E-state index contributed by atoms with van der Waals surface area (Å²) in [4.78, 5) is 14.2. The highest BCUT2D eigenvalue weighted by Crippen LogP contribution is 2.29. The molecule has 1 heterocycles. The van der Waals surface area contributed by atoms with E-state index in [1.807, 2.05) is 0 Å². The summed E-state index contributed by atoms with van der Waals surface area (Å²) in [5, 5.41) is 0.551. The quantitative estimate of drug-likeness (QED) is 0.748. The second-order valence-electron chi connectivity index (χ2n) is 6.00. The summed E-state index contributed by atoms with van der Waals surface area (Å²) >= 11 is 12.0. The molecule has 0 unspecified atom stereocenters. The predicted octanol–water partition coefficient (Wildman–Crippen LogP) is 3.29. The number of amides is 1. The highest BCUT2D eigenvalue weighted by Gasteiger charge is 2.27. The smallest absolute Gasteiger partial charge is 0.265 e. The molecular formula is C18H18Cl2N2O4S. The third-order valence-corrected chi connectivity index (χ3v) is 6.82. The van der Waals surface area contributed by atoms with E-state index in [0.29, 0.717) is 37.0 Å². The Morgan fingerprint density at radius 3 is 2.33 bits per heavy atom. The fourth-order valence-corrected chi connectivity index (χ4v) is 4.54. The Hall–Kier alpha value is -1.80. The van der Waals surface area contributed by atoms with Gasteiger partial charge in [0, 0.05) is 30.7 Å². The van der Waals surface area contributed by atoms with Crippen molar-refractivity contribution in [3.05, 3.63) is 58.1 Å². The van der Waals surface area contributed by atoms with Gasteiger partial charge in [0.25, 0.3) is 15.9 Å². The van der Waals surface area contributed by atoms with Crippen molar-refractivity contribution < 1.29 is 17.9 Å². The normalized spacial score (nSPS) is 14.9. The van der Waals surface area contributed by atoms with Crippen molar-refractivity contribution in [1.29, 1.82) is 0 Å². The van der Waals surface area contributed by atoms with E-state index in [1.54, 1.807) is 29.2 Å². The molecule has 2 aromatic carbocycles. The molecule has 1 aliphatic rings. The molecule has 3 rings (SSSR count). The van der Waals surface area contributed by atoms with Crippen molar-refractivity contribution in [2.24, 2.45) is 0 Å². The number of halogens is 2. The molecule has 1 aliphatic heterocycles. The van der Waals surface area contributed by atoms with Gasteiger partial charge in [-0.05, 0) is 42.5 Å². The van der Waals surface area contributed by atoms with Crippen LogP contribution in [0.25, 0.3) is 0 Å². The molecule has 1 saturated heterocycles. The van der Waals surface area contributed by atoms with Crippen LogP contribution in [0.4, 0.5) is 5.69 Å². The number of anilines is 1. The summed E-state index contributed by atoms with van der Waals surface area (Å²) in [5.41, 5.74) is 0.699. The summed E-state index contributed by atoms with van der Waals surface area (Å²) in [6.45, 7) is 1.86. The second kappa shape index (κ2) is 8.06. The second-order valence-corrected chi connectivity index (χ2v) is 8.78. The fourth-order valence-electron chi connectivity index (χ4n) is 2.72. The molecule has 0 aromatic heterocycles. The minimum Gasteiger partial charge on any atom is -0.378 e. The number of benzene rings is 2. The Bertz CT molecular complexity index is 942. The van der Waals surface area contributed by atoms with Gasteiger partial charge in [0.1, 0.15) is 4.90 Å². The van der Waals surface area contributed by atoms with E-state index in [1.165, 1.54) is 25.2 Å². The number of morpholine rings is 1. The van der Waals surface area contributed by atoms with E-state index in [-0.39, 0.29) is 21.4 Å². The van der Waals surface area contributed by atoms with Crippen LogP contribution >= 0.6 is 23.2 Å². The van der Waals surface area contributed by atoms with E-state index in [9.17, 15) is 13.2 Å². The summed E-state index contributed by atoms with van der Waals surface area (Å²) in [6, 6.07) is 10.7. The summed E-state index contributed by atoms with van der Waals surface area (Å²) in [6.07, 6.45) is 0. The first-order valence-electron chi connectivity index (χ1n) is 8.22. The third-order valence-electron chi connectivity index (χ3n) is 4.31. The number of rotatable bonds is 4. The number of carbonyl (C=O) groups is 1. The van der Waals surface area contributed by atoms with Crippen molar-refractivity contribution in [3.63, 3.8) is 0 Å². The monoisotopic (exact) mass is 428 g/mol. The first-order chi connectivity index (χ1) is 12.8. The number of nitrogens with zero attached hydrogens (tertiary/aromatic N) is 2. The molecule has 1 amide bonds. The molecule has 1 fully saturated rings. The SMILES string of the molecule is CN(c1ccc(Cl)cc1)S(=O)(=O)c1cc(C(=O)N2CCOCC2)ccc1Cl. The zero-order valence-corrected chi connectivity index (χ0v) is 16.9. The Labute approximate surface area is 168 Å². The minimum atomic E-state index is -3.96. The van der Waals surface area contributed by atoms with E-state index in [4.69, 9.17) is 27.9 Å². The Morgan fingerprint density at radius 1 is 1.07 bits per heavy atom. The van der Waals surface area contributed by atoms with E-state index in [2.05, 4.69) is 0 Å². The molecule has 0 saturated carbocycles. The number of ether oxygens (including phenoxy) is 1. The standard InChI is InChI=1S/C18H18Cl2N2O4S/c1-21(15-5-3-14(19)4-6-15)27(24,25)17-12-13(2-7-16(17)20)18(23)22-8-10-26-11-9-22/h2-7,12H,8-11H2,1H3. The van der Waals surface area contributed by atoms with E-state index >= 15 is 0 Å². The molecule has 9 heteroatoms. The van der Waals surface area contributed by atoms with Gasteiger partial charge in [-0.2, -0.15) is 0 Å². The van der Waals surface area contributed by atoms with Gasteiger partial charge in [0.15, 0.2) is 0 Å². The lowest BCUT2D eigenvalue weighted by atomic mass is 10.2. The maximum Gasteiger partial charge on any atom is 0.265 e. The molecule has 2 aromatic rings. The van der Waals surface area contributed by atoms with Crippen LogP contribution < -0.4 is 4.31 Å². The van der Waals surface area contributed by atoms with Gasteiger partial charge in [0.05, 0.1) is 23.9 Å². The Balaban J connectivity index is 1.94. The van der Waals surface area contributed by atoms with Crippen LogP contribution in [0.1, 0.15) is 10.4 Å². The minimum absolute atomic E-state index is 0.0503. The predicted molar refractivity (Wildman–Crippen MR) is 105 cm³/mol. The average Bonchev–Trinajstić information content (AvgIpc) is 2.68. The van der Waals surface area contributed by atoms with Crippen LogP contribution in [0.15, 0.2) is 47.4 Å². The third kappa shape index (κ3) is 4.21. The lowest BCUT2D eigenvalue weighted by molar-refractivity contribution is 0.0302. The van der Waals surface area contributed by atoms with Crippen LogP contribution in [0, 0.1) is 0 Å². The lowest BCUT2D eigenvalue weighted by Crippen LogP contribution is -2.40. The Kier molecular flexibility index (Phi) is 5.95. The average molecular weight is 429 g/mol. The number of sulfonamides is 1. The van der Waals surface area contributed by atoms with Crippen molar-refractivity contribution in [1.82, 2.24) is 4.90 Å². The van der Waals surface area contributed by atoms with Crippen molar-refractivity contribution in [2.75, 3.05) is 37.7 Å². The zero-order valence-electron chi connectivity index (χ0n) is 14.6. The maximum atomic E-state index is 13.1. The van der Waals surface area contributed by atoms with Crippen LogP contribution in [-0.2, 0) is 14.8 Å². The van der Waals surface area contributed by atoms with Crippen LogP contribution in [0.2, 0.25) is 10.0 Å². The molecule has 0 N–H and O–H groups in total. The molecule has 0 bridgehead atoms. The molecule has 0 spiro atoms. The van der Waals surface area contributed by atoms with Crippen molar-refractivity contribution in [2.45, 2.75) is 4.90 Å². The Morgan fingerprint density at radius 2 is 1.70 bits per heavy atom. The van der Waals surface area contributed by atoms with Gasteiger partial charge < -0.3 is 9.64 Å². The van der Waals surface area contributed by atoms with E-state index in [0.717, 1.165) is 4.31 Å². The first kappa shape index (κ1) is 19.9. The molecular weight excluding hydrogens is 411 g/mol. The number of hydrogen-bond donors (Lipinski definition) is 0.